The molecule has 1 aromatic carbocycles. The molecule has 1 fully saturated rings. The summed E-state index contributed by atoms with van der Waals surface area (Å²) in [5.74, 6) is -1.11. The van der Waals surface area contributed by atoms with Crippen molar-refractivity contribution in [2.45, 2.75) is 50.8 Å². The molecule has 2 N–H and O–H groups in total. The van der Waals surface area contributed by atoms with Gasteiger partial charge >= 0.3 is 5.97 Å². The van der Waals surface area contributed by atoms with Crippen molar-refractivity contribution in [2.24, 2.45) is 5.92 Å². The monoisotopic (exact) mass is 396 g/mol. The van der Waals surface area contributed by atoms with Crippen LogP contribution in [0.5, 0.6) is 0 Å². The second kappa shape index (κ2) is 9.32. The molecule has 0 bridgehead atoms. The van der Waals surface area contributed by atoms with Crippen molar-refractivity contribution in [3.05, 3.63) is 29.3 Å². The number of aryl methyl sites for hydroxylation is 2. The van der Waals surface area contributed by atoms with Crippen LogP contribution in [0.1, 0.15) is 43.2 Å². The first-order chi connectivity index (χ1) is 12.7. The Morgan fingerprint density at radius 3 is 2.41 bits per heavy atom. The molecular formula is C19H28N2O5S. The van der Waals surface area contributed by atoms with Gasteiger partial charge in [0.1, 0.15) is 0 Å². The third kappa shape index (κ3) is 5.77. The van der Waals surface area contributed by atoms with Crippen LogP contribution in [0.2, 0.25) is 0 Å². The summed E-state index contributed by atoms with van der Waals surface area (Å²) in [5.41, 5.74) is 1.99. The zero-order valence-corrected chi connectivity index (χ0v) is 16.7. The lowest BCUT2D eigenvalue weighted by Crippen LogP contribution is -2.43. The summed E-state index contributed by atoms with van der Waals surface area (Å²) in [6, 6.07) is 5.14. The lowest BCUT2D eigenvalue weighted by Gasteiger charge is -2.30. The molecule has 0 spiro atoms. The second-order valence-electron chi connectivity index (χ2n) is 7.07. The molecule has 7 nitrogen and oxygen atoms in total. The van der Waals surface area contributed by atoms with E-state index in [-0.39, 0.29) is 18.2 Å². The lowest BCUT2D eigenvalue weighted by molar-refractivity contribution is -0.137. The maximum Gasteiger partial charge on any atom is 0.303 e. The number of carbonyl (C=O) groups is 2. The summed E-state index contributed by atoms with van der Waals surface area (Å²) in [7, 11) is -3.54. The Morgan fingerprint density at radius 2 is 1.81 bits per heavy atom. The van der Waals surface area contributed by atoms with Crippen molar-refractivity contribution < 1.29 is 23.1 Å². The molecule has 0 aromatic heterocycles. The van der Waals surface area contributed by atoms with Gasteiger partial charge in [0.2, 0.25) is 15.9 Å². The number of hydrogen-bond donors (Lipinski definition) is 2. The fourth-order valence-corrected chi connectivity index (χ4v) is 4.69. The number of carboxylic acids is 1. The van der Waals surface area contributed by atoms with Crippen LogP contribution in [0.4, 0.5) is 0 Å². The summed E-state index contributed by atoms with van der Waals surface area (Å²) in [5, 5.41) is 11.4. The van der Waals surface area contributed by atoms with E-state index >= 15 is 0 Å². The minimum absolute atomic E-state index is 0.0754. The molecule has 1 aliphatic rings. The second-order valence-corrected chi connectivity index (χ2v) is 9.00. The first-order valence-corrected chi connectivity index (χ1v) is 10.7. The van der Waals surface area contributed by atoms with Crippen molar-refractivity contribution in [1.82, 2.24) is 9.62 Å². The van der Waals surface area contributed by atoms with Crippen LogP contribution >= 0.6 is 0 Å². The number of amides is 1. The Hall–Kier alpha value is -1.93. The van der Waals surface area contributed by atoms with Crippen LogP contribution in [0.3, 0.4) is 0 Å². The zero-order valence-electron chi connectivity index (χ0n) is 15.9. The smallest absolute Gasteiger partial charge is 0.303 e. The van der Waals surface area contributed by atoms with Crippen LogP contribution in [0, 0.1) is 19.8 Å². The zero-order chi connectivity index (χ0) is 20.0. The summed E-state index contributed by atoms with van der Waals surface area (Å²) in [4.78, 5) is 23.0. The Balaban J connectivity index is 1.84. The van der Waals surface area contributed by atoms with E-state index < -0.39 is 16.0 Å². The number of rotatable bonds is 8. The van der Waals surface area contributed by atoms with Gasteiger partial charge in [0.05, 0.1) is 4.90 Å². The van der Waals surface area contributed by atoms with E-state index in [4.69, 9.17) is 5.11 Å². The van der Waals surface area contributed by atoms with E-state index in [2.05, 4.69) is 5.32 Å². The molecule has 2 rings (SSSR count). The lowest BCUT2D eigenvalue weighted by atomic mass is 9.97. The Kier molecular flexibility index (Phi) is 7.38. The molecule has 8 heteroatoms. The number of carbonyl (C=O) groups excluding carboxylic acids is 1. The summed E-state index contributed by atoms with van der Waals surface area (Å²) in [6.45, 7) is 4.94. The van der Waals surface area contributed by atoms with E-state index in [0.717, 1.165) is 11.1 Å². The van der Waals surface area contributed by atoms with E-state index in [1.165, 1.54) is 4.31 Å². The summed E-state index contributed by atoms with van der Waals surface area (Å²) in [6.07, 6.45) is 2.24. The number of sulfonamides is 1. The Morgan fingerprint density at radius 1 is 1.15 bits per heavy atom. The summed E-state index contributed by atoms with van der Waals surface area (Å²) >= 11 is 0. The minimum Gasteiger partial charge on any atom is -0.481 e. The molecule has 1 heterocycles. The Bertz CT molecular complexity index is 783. The number of nitrogens with zero attached hydrogens (tertiary/aromatic N) is 1. The van der Waals surface area contributed by atoms with Crippen LogP contribution in [-0.4, -0.2) is 49.3 Å². The van der Waals surface area contributed by atoms with Crippen LogP contribution in [0.15, 0.2) is 23.1 Å². The number of unbranched alkanes of at least 4 members (excludes halogenated alkanes) is 1. The van der Waals surface area contributed by atoms with Crippen molar-refractivity contribution in [2.75, 3.05) is 19.6 Å². The number of nitrogens with one attached hydrogen (secondary N) is 1. The molecule has 0 aliphatic carbocycles. The largest absolute Gasteiger partial charge is 0.481 e. The predicted octanol–water partition coefficient (Wildman–Crippen LogP) is 2.08. The van der Waals surface area contributed by atoms with Gasteiger partial charge in [-0.25, -0.2) is 8.42 Å². The van der Waals surface area contributed by atoms with Gasteiger partial charge in [-0.1, -0.05) is 6.07 Å². The topological polar surface area (TPSA) is 104 Å². The molecule has 0 atom stereocenters. The van der Waals surface area contributed by atoms with Gasteiger partial charge in [-0.2, -0.15) is 4.31 Å². The van der Waals surface area contributed by atoms with Crippen LogP contribution < -0.4 is 5.32 Å². The van der Waals surface area contributed by atoms with Gasteiger partial charge in [0.25, 0.3) is 0 Å². The molecule has 150 valence electrons. The van der Waals surface area contributed by atoms with E-state index in [1.54, 1.807) is 12.1 Å². The molecule has 1 saturated heterocycles. The van der Waals surface area contributed by atoms with Crippen molar-refractivity contribution in [3.63, 3.8) is 0 Å². The van der Waals surface area contributed by atoms with Gasteiger partial charge in [0, 0.05) is 32.0 Å². The van der Waals surface area contributed by atoms with E-state index in [9.17, 15) is 18.0 Å². The van der Waals surface area contributed by atoms with Crippen LogP contribution in [0.25, 0.3) is 0 Å². The predicted molar refractivity (Wildman–Crippen MR) is 102 cm³/mol. The Labute approximate surface area is 160 Å². The van der Waals surface area contributed by atoms with E-state index in [1.807, 2.05) is 19.9 Å². The third-order valence-corrected chi connectivity index (χ3v) is 6.95. The first kappa shape index (κ1) is 21.4. The average molecular weight is 397 g/mol. The van der Waals surface area contributed by atoms with Gasteiger partial charge in [-0.05, 0) is 62.8 Å². The molecule has 1 aliphatic heterocycles. The van der Waals surface area contributed by atoms with E-state index in [0.29, 0.717) is 50.2 Å². The quantitative estimate of drug-likeness (QED) is 0.655. The van der Waals surface area contributed by atoms with Gasteiger partial charge in [0.15, 0.2) is 0 Å². The van der Waals surface area contributed by atoms with Crippen molar-refractivity contribution in [3.8, 4) is 0 Å². The highest BCUT2D eigenvalue weighted by Gasteiger charge is 2.32. The van der Waals surface area contributed by atoms with Crippen molar-refractivity contribution in [1.29, 1.82) is 0 Å². The summed E-state index contributed by atoms with van der Waals surface area (Å²) < 4.78 is 27.1. The minimum atomic E-state index is -3.54. The number of aliphatic carboxylic acids is 1. The average Bonchev–Trinajstić information content (AvgIpc) is 2.63. The molecule has 0 unspecified atom stereocenters. The highest BCUT2D eigenvalue weighted by molar-refractivity contribution is 7.89. The SMILES string of the molecule is Cc1ccc(S(=O)(=O)N2CCC(C(=O)NCCCCC(=O)O)CC2)cc1C. The number of benzene rings is 1. The normalized spacial score (nSPS) is 16.2. The first-order valence-electron chi connectivity index (χ1n) is 9.28. The van der Waals surface area contributed by atoms with Gasteiger partial charge in [-0.15, -0.1) is 0 Å². The molecule has 1 aromatic rings. The highest BCUT2D eigenvalue weighted by atomic mass is 32.2. The molecular weight excluding hydrogens is 368 g/mol. The maximum atomic E-state index is 12.8. The molecule has 1 amide bonds. The standard InChI is InChI=1S/C19H28N2O5S/c1-14-6-7-17(13-15(14)2)27(25,26)21-11-8-16(9-12-21)19(24)20-10-4-3-5-18(22)23/h6-7,13,16H,3-5,8-12H2,1-2H3,(H,20,24)(H,22,23). The number of hydrogen-bond acceptors (Lipinski definition) is 4. The third-order valence-electron chi connectivity index (χ3n) is 5.06. The number of piperidine rings is 1. The highest BCUT2D eigenvalue weighted by Crippen LogP contribution is 2.25. The molecule has 0 radical (unpaired) electrons. The molecule has 27 heavy (non-hydrogen) atoms. The fourth-order valence-electron chi connectivity index (χ4n) is 3.14. The number of carboxylic acid groups (broad SMARTS) is 1. The fraction of sp³-hybridized carbons (Fsp3) is 0.579. The van der Waals surface area contributed by atoms with Crippen molar-refractivity contribution >= 4 is 21.9 Å². The van der Waals surface area contributed by atoms with Crippen LogP contribution in [-0.2, 0) is 19.6 Å². The molecule has 0 saturated carbocycles. The van der Waals surface area contributed by atoms with Gasteiger partial charge < -0.3 is 10.4 Å². The van der Waals surface area contributed by atoms with Gasteiger partial charge in [-0.3, -0.25) is 9.59 Å². The maximum absolute atomic E-state index is 12.8.